The maximum Gasteiger partial charge on any atom is 0.338 e. The molecule has 0 spiro atoms. The minimum absolute atomic E-state index is 0.0278. The number of benzene rings is 2. The molecule has 3 rings (SSSR count). The fourth-order valence-electron chi connectivity index (χ4n) is 2.88. The quantitative estimate of drug-likeness (QED) is 0.637. The van der Waals surface area contributed by atoms with Crippen LogP contribution in [-0.2, 0) is 28.1 Å². The van der Waals surface area contributed by atoms with Crippen molar-refractivity contribution in [2.75, 3.05) is 6.54 Å². The van der Waals surface area contributed by atoms with Crippen LogP contribution in [0.5, 0.6) is 0 Å². The van der Waals surface area contributed by atoms with Crippen molar-refractivity contribution in [2.45, 2.75) is 39.3 Å². The Balaban J connectivity index is 1.56. The van der Waals surface area contributed by atoms with Gasteiger partial charge in [-0.2, -0.15) is 0 Å². The number of esters is 1. The number of nitrogens with one attached hydrogen (secondary N) is 1. The smallest absolute Gasteiger partial charge is 0.338 e. The zero-order chi connectivity index (χ0) is 20.3. The molecule has 146 valence electrons. The van der Waals surface area contributed by atoms with Crippen molar-refractivity contribution in [2.24, 2.45) is 0 Å². The van der Waals surface area contributed by atoms with Gasteiger partial charge in [-0.25, -0.2) is 9.59 Å². The molecule has 0 saturated carbocycles. The highest BCUT2D eigenvalue weighted by atomic mass is 16.5. The summed E-state index contributed by atoms with van der Waals surface area (Å²) in [6.07, 6.45) is 0. The van der Waals surface area contributed by atoms with Crippen LogP contribution in [0.1, 0.15) is 47.8 Å². The molecule has 0 aromatic heterocycles. The van der Waals surface area contributed by atoms with Crippen LogP contribution in [0.3, 0.4) is 0 Å². The predicted molar refractivity (Wildman–Crippen MR) is 105 cm³/mol. The number of carbonyl (C=O) groups excluding carboxylic acids is 3. The molecule has 1 aliphatic rings. The van der Waals surface area contributed by atoms with Gasteiger partial charge in [-0.1, -0.05) is 57.2 Å². The van der Waals surface area contributed by atoms with E-state index in [4.69, 9.17) is 4.74 Å². The highest BCUT2D eigenvalue weighted by Gasteiger charge is 2.28. The Kier molecular flexibility index (Phi) is 5.49. The highest BCUT2D eigenvalue weighted by Crippen LogP contribution is 2.22. The fraction of sp³-hybridized carbons (Fsp3) is 0.318. The molecule has 0 atom stereocenters. The molecule has 0 unspecified atom stereocenters. The molecule has 1 fully saturated rings. The number of urea groups is 1. The molecule has 2 aromatic carbocycles. The zero-order valence-electron chi connectivity index (χ0n) is 16.3. The second kappa shape index (κ2) is 7.84. The Hall–Kier alpha value is -3.15. The van der Waals surface area contributed by atoms with Gasteiger partial charge in [0.25, 0.3) is 0 Å². The van der Waals surface area contributed by atoms with Crippen molar-refractivity contribution < 1.29 is 19.1 Å². The molecule has 0 bridgehead atoms. The van der Waals surface area contributed by atoms with Crippen LogP contribution in [0.25, 0.3) is 0 Å². The van der Waals surface area contributed by atoms with Crippen molar-refractivity contribution in [1.82, 2.24) is 10.2 Å². The lowest BCUT2D eigenvalue weighted by molar-refractivity contribution is -0.125. The Labute approximate surface area is 164 Å². The normalized spacial score (nSPS) is 14.2. The monoisotopic (exact) mass is 380 g/mol. The van der Waals surface area contributed by atoms with Crippen LogP contribution in [0.2, 0.25) is 0 Å². The van der Waals surface area contributed by atoms with E-state index >= 15 is 0 Å². The number of carbonyl (C=O) groups is 3. The topological polar surface area (TPSA) is 75.7 Å². The van der Waals surface area contributed by atoms with E-state index in [0.717, 1.165) is 16.0 Å². The summed E-state index contributed by atoms with van der Waals surface area (Å²) in [5, 5.41) is 2.48. The van der Waals surface area contributed by atoms with E-state index in [1.165, 1.54) is 5.56 Å². The van der Waals surface area contributed by atoms with Gasteiger partial charge in [0.05, 0.1) is 18.7 Å². The van der Waals surface area contributed by atoms with Gasteiger partial charge in [0.1, 0.15) is 6.61 Å². The molecule has 1 saturated heterocycles. The average Bonchev–Trinajstić information content (AvgIpc) is 2.98. The number of imide groups is 1. The summed E-state index contributed by atoms with van der Waals surface area (Å²) in [4.78, 5) is 36.6. The molecule has 28 heavy (non-hydrogen) atoms. The molecule has 1 aliphatic heterocycles. The van der Waals surface area contributed by atoms with E-state index < -0.39 is 12.0 Å². The van der Waals surface area contributed by atoms with E-state index in [1.54, 1.807) is 24.3 Å². The van der Waals surface area contributed by atoms with E-state index in [9.17, 15) is 14.4 Å². The first-order chi connectivity index (χ1) is 13.2. The van der Waals surface area contributed by atoms with Crippen molar-refractivity contribution >= 4 is 17.9 Å². The fourth-order valence-corrected chi connectivity index (χ4v) is 2.88. The number of nitrogens with zero attached hydrogens (tertiary/aromatic N) is 1. The van der Waals surface area contributed by atoms with Crippen LogP contribution in [0.15, 0.2) is 48.5 Å². The van der Waals surface area contributed by atoms with Gasteiger partial charge in [-0.3, -0.25) is 9.69 Å². The molecule has 6 nitrogen and oxygen atoms in total. The molecule has 2 aromatic rings. The van der Waals surface area contributed by atoms with Gasteiger partial charge in [0.2, 0.25) is 5.91 Å². The third-order valence-electron chi connectivity index (χ3n) is 4.66. The molecule has 6 heteroatoms. The zero-order valence-corrected chi connectivity index (χ0v) is 16.3. The summed E-state index contributed by atoms with van der Waals surface area (Å²) < 4.78 is 5.38. The SMILES string of the molecule is CC(C)(C)c1ccc(COC(=O)c2ccc(CN3C(=O)CNC3=O)cc2)cc1. The van der Waals surface area contributed by atoms with Crippen LogP contribution in [-0.4, -0.2) is 29.4 Å². The minimum Gasteiger partial charge on any atom is -0.457 e. The molecular weight excluding hydrogens is 356 g/mol. The summed E-state index contributed by atoms with van der Waals surface area (Å²) in [7, 11) is 0. The van der Waals surface area contributed by atoms with Crippen LogP contribution in [0.4, 0.5) is 4.79 Å². The van der Waals surface area contributed by atoms with Gasteiger partial charge >= 0.3 is 12.0 Å². The predicted octanol–water partition coefficient (Wildman–Crippen LogP) is 3.39. The van der Waals surface area contributed by atoms with Gasteiger partial charge in [-0.15, -0.1) is 0 Å². The van der Waals surface area contributed by atoms with Gasteiger partial charge < -0.3 is 10.1 Å². The van der Waals surface area contributed by atoms with E-state index in [0.29, 0.717) is 5.56 Å². The second-order valence-electron chi connectivity index (χ2n) is 7.86. The lowest BCUT2D eigenvalue weighted by Crippen LogP contribution is -2.30. The molecule has 1 heterocycles. The summed E-state index contributed by atoms with van der Waals surface area (Å²) in [6, 6.07) is 14.3. The Bertz CT molecular complexity index is 864. The first kappa shape index (κ1) is 19.6. The minimum atomic E-state index is -0.415. The highest BCUT2D eigenvalue weighted by molar-refractivity contribution is 6.01. The number of hydrogen-bond acceptors (Lipinski definition) is 4. The van der Waals surface area contributed by atoms with Gasteiger partial charge in [0.15, 0.2) is 0 Å². The standard InChI is InChI=1S/C22H24N2O4/c1-22(2,3)18-10-6-16(7-11-18)14-28-20(26)17-8-4-15(5-9-17)13-24-19(25)12-23-21(24)27/h4-11H,12-14H2,1-3H3,(H,23,27). The largest absolute Gasteiger partial charge is 0.457 e. The molecular formula is C22H24N2O4. The molecule has 0 radical (unpaired) electrons. The molecule has 3 amide bonds. The van der Waals surface area contributed by atoms with Gasteiger partial charge in [-0.05, 0) is 34.2 Å². The number of ether oxygens (including phenoxy) is 1. The second-order valence-corrected chi connectivity index (χ2v) is 7.86. The van der Waals surface area contributed by atoms with E-state index in [2.05, 4.69) is 26.1 Å². The average molecular weight is 380 g/mol. The third-order valence-corrected chi connectivity index (χ3v) is 4.66. The Morgan fingerprint density at radius 1 is 1.00 bits per heavy atom. The van der Waals surface area contributed by atoms with E-state index in [-0.39, 0.29) is 31.0 Å². The summed E-state index contributed by atoms with van der Waals surface area (Å²) in [5.41, 5.74) is 3.42. The molecule has 1 N–H and O–H groups in total. The third kappa shape index (κ3) is 4.57. The lowest BCUT2D eigenvalue weighted by atomic mass is 9.87. The van der Waals surface area contributed by atoms with Crippen molar-refractivity contribution in [3.63, 3.8) is 0 Å². The lowest BCUT2D eigenvalue weighted by Gasteiger charge is -2.19. The number of rotatable bonds is 5. The van der Waals surface area contributed by atoms with Crippen molar-refractivity contribution in [1.29, 1.82) is 0 Å². The number of amides is 3. The molecule has 0 aliphatic carbocycles. The van der Waals surface area contributed by atoms with Crippen molar-refractivity contribution in [3.8, 4) is 0 Å². The first-order valence-corrected chi connectivity index (χ1v) is 9.18. The van der Waals surface area contributed by atoms with Crippen LogP contribution < -0.4 is 5.32 Å². The number of hydrogen-bond donors (Lipinski definition) is 1. The maximum atomic E-state index is 12.3. The van der Waals surface area contributed by atoms with Crippen LogP contribution >= 0.6 is 0 Å². The van der Waals surface area contributed by atoms with E-state index in [1.807, 2.05) is 24.3 Å². The summed E-state index contributed by atoms with van der Waals surface area (Å²) >= 11 is 0. The maximum absolute atomic E-state index is 12.3. The van der Waals surface area contributed by atoms with Crippen molar-refractivity contribution in [3.05, 3.63) is 70.8 Å². The first-order valence-electron chi connectivity index (χ1n) is 9.18. The van der Waals surface area contributed by atoms with Crippen LogP contribution in [0, 0.1) is 0 Å². The Morgan fingerprint density at radius 3 is 2.14 bits per heavy atom. The van der Waals surface area contributed by atoms with Gasteiger partial charge in [0, 0.05) is 0 Å². The summed E-state index contributed by atoms with van der Waals surface area (Å²) in [5.74, 6) is -0.674. The Morgan fingerprint density at radius 2 is 1.61 bits per heavy atom. The summed E-state index contributed by atoms with van der Waals surface area (Å²) in [6.45, 7) is 6.86.